The summed E-state index contributed by atoms with van der Waals surface area (Å²) >= 11 is 0. The Morgan fingerprint density at radius 1 is 1.12 bits per heavy atom. The first kappa shape index (κ1) is 10.4. The Morgan fingerprint density at radius 2 is 1.81 bits per heavy atom. The zero-order chi connectivity index (χ0) is 11.5. The number of aromatic hydroxyl groups is 1. The normalized spacial score (nSPS) is 10.3. The molecule has 0 aliphatic carbocycles. The maximum Gasteiger partial charge on any atom is 0.337 e. The van der Waals surface area contributed by atoms with Crippen molar-refractivity contribution in [2.75, 3.05) is 6.61 Å². The molecule has 0 aliphatic rings. The Labute approximate surface area is 91.7 Å². The van der Waals surface area contributed by atoms with Gasteiger partial charge in [0, 0.05) is 10.8 Å². The number of aliphatic hydroxyl groups excluding tert-OH is 1. The van der Waals surface area contributed by atoms with E-state index in [1.54, 1.807) is 24.3 Å². The molecule has 16 heavy (non-hydrogen) atoms. The van der Waals surface area contributed by atoms with Crippen molar-refractivity contribution in [1.29, 1.82) is 0 Å². The second-order valence-corrected chi connectivity index (χ2v) is 3.26. The van der Waals surface area contributed by atoms with E-state index in [1.165, 1.54) is 12.1 Å². The molecule has 4 heteroatoms. The number of ether oxygens (including phenoxy) is 1. The zero-order valence-electron chi connectivity index (χ0n) is 8.38. The molecule has 0 unspecified atom stereocenters. The highest BCUT2D eigenvalue weighted by atomic mass is 16.5. The van der Waals surface area contributed by atoms with Crippen LogP contribution in [0.5, 0.6) is 11.5 Å². The highest BCUT2D eigenvalue weighted by molar-refractivity contribution is 5.94. The first-order valence-electron chi connectivity index (χ1n) is 4.74. The molecule has 0 aromatic heterocycles. The molecule has 0 atom stereocenters. The van der Waals surface area contributed by atoms with Crippen LogP contribution in [0.1, 0.15) is 0 Å². The SMILES string of the molecule is O=C(CO)Oc1ccc(O)c2ccccc12. The molecule has 0 aliphatic heterocycles. The average molecular weight is 218 g/mol. The summed E-state index contributed by atoms with van der Waals surface area (Å²) in [6.45, 7) is -0.671. The number of carbonyl (C=O) groups is 1. The second-order valence-electron chi connectivity index (χ2n) is 3.26. The Balaban J connectivity index is 2.54. The summed E-state index contributed by atoms with van der Waals surface area (Å²) in [6.07, 6.45) is 0. The Hall–Kier alpha value is -2.07. The number of hydrogen-bond donors (Lipinski definition) is 2. The van der Waals surface area contributed by atoms with Gasteiger partial charge in [0.25, 0.3) is 0 Å². The van der Waals surface area contributed by atoms with Crippen LogP contribution in [0, 0.1) is 0 Å². The number of fused-ring (bicyclic) bond motifs is 1. The van der Waals surface area contributed by atoms with Gasteiger partial charge in [-0.3, -0.25) is 0 Å². The minimum Gasteiger partial charge on any atom is -0.507 e. The van der Waals surface area contributed by atoms with Crippen LogP contribution < -0.4 is 4.74 Å². The smallest absolute Gasteiger partial charge is 0.337 e. The summed E-state index contributed by atoms with van der Waals surface area (Å²) in [4.78, 5) is 11.0. The number of aliphatic hydroxyl groups is 1. The largest absolute Gasteiger partial charge is 0.507 e. The molecule has 2 aromatic carbocycles. The molecule has 2 aromatic rings. The maximum absolute atomic E-state index is 11.0. The number of esters is 1. The molecular weight excluding hydrogens is 208 g/mol. The van der Waals surface area contributed by atoms with E-state index in [0.717, 1.165) is 0 Å². The average Bonchev–Trinajstić information content (AvgIpc) is 2.33. The van der Waals surface area contributed by atoms with Gasteiger partial charge >= 0.3 is 5.97 Å². The molecular formula is C12H10O4. The van der Waals surface area contributed by atoms with Crippen molar-refractivity contribution in [1.82, 2.24) is 0 Å². The monoisotopic (exact) mass is 218 g/mol. The van der Waals surface area contributed by atoms with Crippen molar-refractivity contribution in [2.45, 2.75) is 0 Å². The Bertz CT molecular complexity index is 534. The molecule has 82 valence electrons. The number of carbonyl (C=O) groups excluding carboxylic acids is 1. The standard InChI is InChI=1S/C12H10O4/c13-7-12(15)16-11-6-5-10(14)8-3-1-2-4-9(8)11/h1-6,13-14H,7H2. The van der Waals surface area contributed by atoms with E-state index >= 15 is 0 Å². The van der Waals surface area contributed by atoms with Gasteiger partial charge in [-0.05, 0) is 12.1 Å². The lowest BCUT2D eigenvalue weighted by atomic mass is 10.1. The summed E-state index contributed by atoms with van der Waals surface area (Å²) in [5.41, 5.74) is 0. The van der Waals surface area contributed by atoms with E-state index in [1.807, 2.05) is 0 Å². The third kappa shape index (κ3) is 1.83. The Morgan fingerprint density at radius 3 is 2.50 bits per heavy atom. The summed E-state index contributed by atoms with van der Waals surface area (Å²) in [6, 6.07) is 9.95. The van der Waals surface area contributed by atoms with Crippen LogP contribution in [0.25, 0.3) is 10.8 Å². The van der Waals surface area contributed by atoms with Gasteiger partial charge < -0.3 is 14.9 Å². The van der Waals surface area contributed by atoms with Gasteiger partial charge in [-0.2, -0.15) is 0 Å². The van der Waals surface area contributed by atoms with Crippen molar-refractivity contribution in [3.05, 3.63) is 36.4 Å². The third-order valence-corrected chi connectivity index (χ3v) is 2.21. The zero-order valence-corrected chi connectivity index (χ0v) is 8.38. The fourth-order valence-corrected chi connectivity index (χ4v) is 1.50. The van der Waals surface area contributed by atoms with Crippen LogP contribution in [-0.2, 0) is 4.79 Å². The predicted octanol–water partition coefficient (Wildman–Crippen LogP) is 1.44. The summed E-state index contributed by atoms with van der Waals surface area (Å²) in [5.74, 6) is -0.275. The highest BCUT2D eigenvalue weighted by Crippen LogP contribution is 2.32. The lowest BCUT2D eigenvalue weighted by Gasteiger charge is -2.07. The van der Waals surface area contributed by atoms with Crippen molar-refractivity contribution in [2.24, 2.45) is 0 Å². The summed E-state index contributed by atoms with van der Waals surface area (Å²) < 4.78 is 4.93. The number of phenols is 1. The minimum absolute atomic E-state index is 0.124. The number of phenolic OH excluding ortho intramolecular Hbond substituents is 1. The van der Waals surface area contributed by atoms with E-state index in [-0.39, 0.29) is 5.75 Å². The van der Waals surface area contributed by atoms with Gasteiger partial charge in [-0.25, -0.2) is 4.79 Å². The number of benzene rings is 2. The van der Waals surface area contributed by atoms with Crippen LogP contribution >= 0.6 is 0 Å². The lowest BCUT2D eigenvalue weighted by molar-refractivity contribution is -0.137. The highest BCUT2D eigenvalue weighted by Gasteiger charge is 2.08. The van der Waals surface area contributed by atoms with Crippen molar-refractivity contribution >= 4 is 16.7 Å². The molecule has 0 saturated heterocycles. The van der Waals surface area contributed by atoms with E-state index < -0.39 is 12.6 Å². The van der Waals surface area contributed by atoms with E-state index in [2.05, 4.69) is 0 Å². The molecule has 2 rings (SSSR count). The van der Waals surface area contributed by atoms with Gasteiger partial charge in [0.05, 0.1) is 0 Å². The predicted molar refractivity (Wildman–Crippen MR) is 58.3 cm³/mol. The topological polar surface area (TPSA) is 66.8 Å². The minimum atomic E-state index is -0.726. The Kier molecular flexibility index (Phi) is 2.74. The maximum atomic E-state index is 11.0. The summed E-state index contributed by atoms with van der Waals surface area (Å²) in [7, 11) is 0. The van der Waals surface area contributed by atoms with E-state index in [0.29, 0.717) is 16.5 Å². The van der Waals surface area contributed by atoms with Crippen LogP contribution in [0.2, 0.25) is 0 Å². The van der Waals surface area contributed by atoms with Gasteiger partial charge in [0.15, 0.2) is 0 Å². The molecule has 0 spiro atoms. The quantitative estimate of drug-likeness (QED) is 0.591. The van der Waals surface area contributed by atoms with Crippen LogP contribution in [-0.4, -0.2) is 22.8 Å². The molecule has 0 saturated carbocycles. The lowest BCUT2D eigenvalue weighted by Crippen LogP contribution is -2.12. The number of hydrogen-bond acceptors (Lipinski definition) is 4. The number of rotatable bonds is 2. The molecule has 0 amide bonds. The van der Waals surface area contributed by atoms with Gasteiger partial charge in [-0.1, -0.05) is 24.3 Å². The second kappa shape index (κ2) is 4.20. The molecule has 0 radical (unpaired) electrons. The van der Waals surface area contributed by atoms with Gasteiger partial charge in [0.2, 0.25) is 0 Å². The summed E-state index contributed by atoms with van der Waals surface area (Å²) in [5, 5.41) is 19.4. The van der Waals surface area contributed by atoms with Gasteiger partial charge in [0.1, 0.15) is 18.1 Å². The molecule has 2 N–H and O–H groups in total. The molecule has 0 fully saturated rings. The van der Waals surface area contributed by atoms with Crippen LogP contribution in [0.15, 0.2) is 36.4 Å². The van der Waals surface area contributed by atoms with Crippen molar-refractivity contribution in [3.63, 3.8) is 0 Å². The molecule has 4 nitrogen and oxygen atoms in total. The van der Waals surface area contributed by atoms with Crippen molar-refractivity contribution < 1.29 is 19.7 Å². The van der Waals surface area contributed by atoms with Crippen LogP contribution in [0.3, 0.4) is 0 Å². The first-order chi connectivity index (χ1) is 7.72. The van der Waals surface area contributed by atoms with Gasteiger partial charge in [-0.15, -0.1) is 0 Å². The molecule has 0 heterocycles. The fourth-order valence-electron chi connectivity index (χ4n) is 1.50. The molecule has 0 bridgehead atoms. The fraction of sp³-hybridized carbons (Fsp3) is 0.0833. The van der Waals surface area contributed by atoms with Crippen molar-refractivity contribution in [3.8, 4) is 11.5 Å². The van der Waals surface area contributed by atoms with E-state index in [9.17, 15) is 9.90 Å². The third-order valence-electron chi connectivity index (χ3n) is 2.21. The van der Waals surface area contributed by atoms with E-state index in [4.69, 9.17) is 9.84 Å². The van der Waals surface area contributed by atoms with Crippen LogP contribution in [0.4, 0.5) is 0 Å². The first-order valence-corrected chi connectivity index (χ1v) is 4.74.